The standard InChI is InChI=1S/C15H12BrClN2O2/c1-9(19-21)10-3-2-4-12(7-10)18-15(20)13-8-11(17)5-6-14(13)16/h2-8,21H,1H3,(H,18,20)/b19-9-. The van der Waals surface area contributed by atoms with E-state index in [0.717, 1.165) is 5.56 Å². The number of carbonyl (C=O) groups is 1. The van der Waals surface area contributed by atoms with E-state index in [9.17, 15) is 4.79 Å². The zero-order chi connectivity index (χ0) is 15.4. The summed E-state index contributed by atoms with van der Waals surface area (Å²) >= 11 is 9.23. The van der Waals surface area contributed by atoms with Gasteiger partial charge >= 0.3 is 0 Å². The molecule has 0 aromatic heterocycles. The third-order valence-electron chi connectivity index (χ3n) is 2.86. The molecule has 0 aliphatic rings. The van der Waals surface area contributed by atoms with Crippen molar-refractivity contribution in [1.29, 1.82) is 0 Å². The van der Waals surface area contributed by atoms with Gasteiger partial charge < -0.3 is 10.5 Å². The second-order valence-corrected chi connectivity index (χ2v) is 5.64. The molecule has 2 N–H and O–H groups in total. The molecule has 0 bridgehead atoms. The lowest BCUT2D eigenvalue weighted by atomic mass is 10.1. The van der Waals surface area contributed by atoms with Crippen molar-refractivity contribution in [2.45, 2.75) is 6.92 Å². The maximum Gasteiger partial charge on any atom is 0.256 e. The zero-order valence-corrected chi connectivity index (χ0v) is 13.4. The fourth-order valence-electron chi connectivity index (χ4n) is 1.75. The van der Waals surface area contributed by atoms with Crippen LogP contribution in [0.1, 0.15) is 22.8 Å². The van der Waals surface area contributed by atoms with Crippen LogP contribution < -0.4 is 5.32 Å². The van der Waals surface area contributed by atoms with Crippen molar-refractivity contribution < 1.29 is 10.0 Å². The first-order chi connectivity index (χ1) is 10.0. The lowest BCUT2D eigenvalue weighted by molar-refractivity contribution is 0.102. The summed E-state index contributed by atoms with van der Waals surface area (Å²) in [7, 11) is 0. The van der Waals surface area contributed by atoms with E-state index in [0.29, 0.717) is 26.5 Å². The number of benzene rings is 2. The van der Waals surface area contributed by atoms with Gasteiger partial charge in [-0.25, -0.2) is 0 Å². The highest BCUT2D eigenvalue weighted by atomic mass is 79.9. The maximum absolute atomic E-state index is 12.3. The summed E-state index contributed by atoms with van der Waals surface area (Å²) in [6.07, 6.45) is 0. The largest absolute Gasteiger partial charge is 0.411 e. The number of anilines is 1. The van der Waals surface area contributed by atoms with Crippen LogP contribution in [-0.2, 0) is 0 Å². The molecule has 108 valence electrons. The van der Waals surface area contributed by atoms with E-state index < -0.39 is 0 Å². The Bertz CT molecular complexity index is 717. The van der Waals surface area contributed by atoms with Crippen LogP contribution in [0, 0.1) is 0 Å². The van der Waals surface area contributed by atoms with Crippen molar-refractivity contribution in [3.63, 3.8) is 0 Å². The highest BCUT2D eigenvalue weighted by Gasteiger charge is 2.11. The first-order valence-electron chi connectivity index (χ1n) is 6.07. The molecule has 0 radical (unpaired) electrons. The van der Waals surface area contributed by atoms with Crippen molar-refractivity contribution in [3.05, 3.63) is 63.1 Å². The molecule has 0 fully saturated rings. The number of nitrogens with zero attached hydrogens (tertiary/aromatic N) is 1. The first kappa shape index (κ1) is 15.5. The molecular formula is C15H12BrClN2O2. The van der Waals surface area contributed by atoms with E-state index in [1.807, 2.05) is 0 Å². The lowest BCUT2D eigenvalue weighted by Crippen LogP contribution is -2.13. The van der Waals surface area contributed by atoms with Gasteiger partial charge in [-0.3, -0.25) is 4.79 Å². The molecule has 2 rings (SSSR count). The molecule has 2 aromatic rings. The zero-order valence-electron chi connectivity index (χ0n) is 11.1. The topological polar surface area (TPSA) is 61.7 Å². The smallest absolute Gasteiger partial charge is 0.256 e. The number of hydrogen-bond acceptors (Lipinski definition) is 3. The van der Waals surface area contributed by atoms with Gasteiger partial charge in [0.15, 0.2) is 0 Å². The second kappa shape index (κ2) is 6.74. The molecule has 0 saturated heterocycles. The Hall–Kier alpha value is -1.85. The monoisotopic (exact) mass is 366 g/mol. The minimum atomic E-state index is -0.278. The average molecular weight is 368 g/mol. The van der Waals surface area contributed by atoms with Crippen LogP contribution in [0.4, 0.5) is 5.69 Å². The van der Waals surface area contributed by atoms with Gasteiger partial charge in [0.25, 0.3) is 5.91 Å². The Morgan fingerprint density at radius 1 is 1.29 bits per heavy atom. The van der Waals surface area contributed by atoms with Crippen LogP contribution in [0.5, 0.6) is 0 Å². The van der Waals surface area contributed by atoms with Crippen LogP contribution in [0.2, 0.25) is 5.02 Å². The van der Waals surface area contributed by atoms with Gasteiger partial charge in [0.2, 0.25) is 0 Å². The Balaban J connectivity index is 2.26. The summed E-state index contributed by atoms with van der Waals surface area (Å²) in [5, 5.41) is 15.2. The van der Waals surface area contributed by atoms with Crippen LogP contribution in [0.25, 0.3) is 0 Å². The van der Waals surface area contributed by atoms with Crippen molar-refractivity contribution in [2.75, 3.05) is 5.32 Å². The maximum atomic E-state index is 12.3. The fourth-order valence-corrected chi connectivity index (χ4v) is 2.35. The Morgan fingerprint density at radius 2 is 2.05 bits per heavy atom. The SMILES string of the molecule is C/C(=N/O)c1cccc(NC(=O)c2cc(Cl)ccc2Br)c1. The molecule has 0 heterocycles. The summed E-state index contributed by atoms with van der Waals surface area (Å²) in [6.45, 7) is 1.68. The van der Waals surface area contributed by atoms with E-state index in [4.69, 9.17) is 16.8 Å². The highest BCUT2D eigenvalue weighted by Crippen LogP contribution is 2.22. The molecule has 0 unspecified atom stereocenters. The summed E-state index contributed by atoms with van der Waals surface area (Å²) in [5.41, 5.74) is 2.24. The second-order valence-electron chi connectivity index (χ2n) is 4.34. The van der Waals surface area contributed by atoms with Crippen molar-refractivity contribution in [1.82, 2.24) is 0 Å². The van der Waals surface area contributed by atoms with Crippen LogP contribution >= 0.6 is 27.5 Å². The lowest BCUT2D eigenvalue weighted by Gasteiger charge is -2.08. The van der Waals surface area contributed by atoms with Gasteiger partial charge in [-0.1, -0.05) is 28.9 Å². The number of amides is 1. The number of nitrogens with one attached hydrogen (secondary N) is 1. The number of oxime groups is 1. The summed E-state index contributed by atoms with van der Waals surface area (Å²) in [5.74, 6) is -0.278. The van der Waals surface area contributed by atoms with E-state index >= 15 is 0 Å². The van der Waals surface area contributed by atoms with Crippen LogP contribution in [0.3, 0.4) is 0 Å². The van der Waals surface area contributed by atoms with E-state index in [1.165, 1.54) is 0 Å². The van der Waals surface area contributed by atoms with Crippen molar-refractivity contribution >= 4 is 44.8 Å². The summed E-state index contributed by atoms with van der Waals surface area (Å²) in [4.78, 5) is 12.3. The molecule has 0 atom stereocenters. The van der Waals surface area contributed by atoms with Gasteiger partial charge in [-0.05, 0) is 53.2 Å². The van der Waals surface area contributed by atoms with Crippen molar-refractivity contribution in [2.24, 2.45) is 5.16 Å². The fraction of sp³-hybridized carbons (Fsp3) is 0.0667. The molecular weight excluding hydrogens is 356 g/mol. The number of hydrogen-bond donors (Lipinski definition) is 2. The number of rotatable bonds is 3. The Labute approximate surface area is 135 Å². The van der Waals surface area contributed by atoms with Gasteiger partial charge in [0, 0.05) is 20.7 Å². The molecule has 4 nitrogen and oxygen atoms in total. The molecule has 0 spiro atoms. The third-order valence-corrected chi connectivity index (χ3v) is 3.79. The van der Waals surface area contributed by atoms with Crippen LogP contribution in [-0.4, -0.2) is 16.8 Å². The Morgan fingerprint density at radius 3 is 2.76 bits per heavy atom. The van der Waals surface area contributed by atoms with E-state index in [1.54, 1.807) is 49.4 Å². The predicted octanol–water partition coefficient (Wildman–Crippen LogP) is 4.55. The first-order valence-corrected chi connectivity index (χ1v) is 7.24. The highest BCUT2D eigenvalue weighted by molar-refractivity contribution is 9.10. The normalized spacial score (nSPS) is 11.3. The molecule has 21 heavy (non-hydrogen) atoms. The average Bonchev–Trinajstić information content (AvgIpc) is 2.49. The predicted molar refractivity (Wildman–Crippen MR) is 87.5 cm³/mol. The molecule has 0 aliphatic carbocycles. The quantitative estimate of drug-likeness (QED) is 0.475. The van der Waals surface area contributed by atoms with Gasteiger partial charge in [0.1, 0.15) is 0 Å². The molecule has 1 amide bonds. The van der Waals surface area contributed by atoms with Gasteiger partial charge in [-0.15, -0.1) is 0 Å². The Kier molecular flexibility index (Phi) is 4.98. The van der Waals surface area contributed by atoms with E-state index in [-0.39, 0.29) is 5.91 Å². The third kappa shape index (κ3) is 3.83. The summed E-state index contributed by atoms with van der Waals surface area (Å²) < 4.78 is 0.661. The number of carbonyl (C=O) groups excluding carboxylic acids is 1. The van der Waals surface area contributed by atoms with Gasteiger partial charge in [0.05, 0.1) is 11.3 Å². The van der Waals surface area contributed by atoms with E-state index in [2.05, 4.69) is 26.4 Å². The summed E-state index contributed by atoms with van der Waals surface area (Å²) in [6, 6.07) is 12.0. The molecule has 6 heteroatoms. The number of halogens is 2. The minimum Gasteiger partial charge on any atom is -0.411 e. The van der Waals surface area contributed by atoms with Crippen LogP contribution in [0.15, 0.2) is 52.1 Å². The molecule has 0 saturated carbocycles. The van der Waals surface area contributed by atoms with Gasteiger partial charge in [-0.2, -0.15) is 0 Å². The van der Waals surface area contributed by atoms with Crippen molar-refractivity contribution in [3.8, 4) is 0 Å². The molecule has 0 aliphatic heterocycles. The minimum absolute atomic E-state index is 0.278. The molecule has 2 aromatic carbocycles.